The van der Waals surface area contributed by atoms with Crippen LogP contribution < -0.4 is 0 Å². The second-order valence-electron chi connectivity index (χ2n) is 3.58. The van der Waals surface area contributed by atoms with E-state index in [1.165, 1.54) is 12.1 Å². The number of nitriles is 1. The van der Waals surface area contributed by atoms with Gasteiger partial charge in [0.2, 0.25) is 0 Å². The SMILES string of the molecule is N#Cc1ccccc1/C=C/c1ccc(F)cc1. The van der Waals surface area contributed by atoms with Crippen molar-refractivity contribution in [3.63, 3.8) is 0 Å². The first kappa shape index (κ1) is 11.1. The highest BCUT2D eigenvalue weighted by molar-refractivity contribution is 5.72. The second kappa shape index (κ2) is 5.09. The normalized spacial score (nSPS) is 10.4. The fraction of sp³-hybridized carbons (Fsp3) is 0. The topological polar surface area (TPSA) is 23.8 Å². The van der Waals surface area contributed by atoms with Gasteiger partial charge in [-0.15, -0.1) is 0 Å². The molecule has 0 aromatic heterocycles. The zero-order chi connectivity index (χ0) is 12.1. The van der Waals surface area contributed by atoms with Gasteiger partial charge in [0.25, 0.3) is 0 Å². The summed E-state index contributed by atoms with van der Waals surface area (Å²) in [5.74, 6) is -0.250. The van der Waals surface area contributed by atoms with Gasteiger partial charge in [0.1, 0.15) is 5.82 Å². The molecular formula is C15H10FN. The molecule has 0 aliphatic carbocycles. The molecule has 0 N–H and O–H groups in total. The molecule has 0 fully saturated rings. The Morgan fingerprint density at radius 3 is 2.35 bits per heavy atom. The van der Waals surface area contributed by atoms with Gasteiger partial charge in [-0.2, -0.15) is 5.26 Å². The Balaban J connectivity index is 2.26. The minimum absolute atomic E-state index is 0.250. The van der Waals surface area contributed by atoms with Crippen LogP contribution in [0.15, 0.2) is 48.5 Å². The van der Waals surface area contributed by atoms with Crippen LogP contribution in [0, 0.1) is 17.1 Å². The third-order valence-electron chi connectivity index (χ3n) is 2.41. The van der Waals surface area contributed by atoms with E-state index >= 15 is 0 Å². The van der Waals surface area contributed by atoms with Crippen LogP contribution in [0.4, 0.5) is 4.39 Å². The molecule has 2 aromatic carbocycles. The van der Waals surface area contributed by atoms with Crippen LogP contribution in [0.1, 0.15) is 16.7 Å². The van der Waals surface area contributed by atoms with E-state index < -0.39 is 0 Å². The van der Waals surface area contributed by atoms with Crippen LogP contribution in [-0.4, -0.2) is 0 Å². The van der Waals surface area contributed by atoms with Crippen LogP contribution in [0.25, 0.3) is 12.2 Å². The van der Waals surface area contributed by atoms with Gasteiger partial charge in [0.15, 0.2) is 0 Å². The summed E-state index contributed by atoms with van der Waals surface area (Å²) in [5.41, 5.74) is 2.39. The lowest BCUT2D eigenvalue weighted by Gasteiger charge is -1.97. The van der Waals surface area contributed by atoms with E-state index in [2.05, 4.69) is 6.07 Å². The van der Waals surface area contributed by atoms with Crippen molar-refractivity contribution in [3.05, 3.63) is 71.0 Å². The molecule has 0 spiro atoms. The molecule has 0 aliphatic rings. The Labute approximate surface area is 99.5 Å². The molecule has 0 aliphatic heterocycles. The Bertz CT molecular complexity index is 577. The summed E-state index contributed by atoms with van der Waals surface area (Å²) in [7, 11) is 0. The molecule has 2 rings (SSSR count). The molecule has 0 bridgehead atoms. The Hall–Kier alpha value is -2.40. The van der Waals surface area contributed by atoms with Gasteiger partial charge in [0, 0.05) is 0 Å². The van der Waals surface area contributed by atoms with Crippen molar-refractivity contribution < 1.29 is 4.39 Å². The second-order valence-corrected chi connectivity index (χ2v) is 3.58. The molecule has 0 atom stereocenters. The molecule has 82 valence electrons. The van der Waals surface area contributed by atoms with Gasteiger partial charge in [0.05, 0.1) is 11.6 Å². The molecule has 0 saturated heterocycles. The average molecular weight is 223 g/mol. The highest BCUT2D eigenvalue weighted by Gasteiger charge is 1.95. The van der Waals surface area contributed by atoms with Crippen molar-refractivity contribution in [1.29, 1.82) is 5.26 Å². The summed E-state index contributed by atoms with van der Waals surface area (Å²) >= 11 is 0. The van der Waals surface area contributed by atoms with Crippen molar-refractivity contribution in [2.45, 2.75) is 0 Å². The van der Waals surface area contributed by atoms with E-state index in [1.54, 1.807) is 18.2 Å². The van der Waals surface area contributed by atoms with Crippen LogP contribution in [0.2, 0.25) is 0 Å². The smallest absolute Gasteiger partial charge is 0.123 e. The van der Waals surface area contributed by atoms with E-state index in [0.717, 1.165) is 11.1 Å². The third-order valence-corrected chi connectivity index (χ3v) is 2.41. The number of halogens is 1. The van der Waals surface area contributed by atoms with E-state index in [9.17, 15) is 4.39 Å². The van der Waals surface area contributed by atoms with Gasteiger partial charge in [-0.05, 0) is 29.3 Å². The lowest BCUT2D eigenvalue weighted by molar-refractivity contribution is 0.628. The van der Waals surface area contributed by atoms with E-state index in [0.29, 0.717) is 5.56 Å². The van der Waals surface area contributed by atoms with Gasteiger partial charge in [-0.1, -0.05) is 42.5 Å². The molecule has 0 saturated carbocycles. The molecule has 1 nitrogen and oxygen atoms in total. The molecule has 0 unspecified atom stereocenters. The summed E-state index contributed by atoms with van der Waals surface area (Å²) < 4.78 is 12.7. The first-order chi connectivity index (χ1) is 8.29. The van der Waals surface area contributed by atoms with E-state index in [4.69, 9.17) is 5.26 Å². The molecule has 0 heterocycles. The van der Waals surface area contributed by atoms with E-state index in [-0.39, 0.29) is 5.82 Å². The highest BCUT2D eigenvalue weighted by atomic mass is 19.1. The van der Waals surface area contributed by atoms with Gasteiger partial charge >= 0.3 is 0 Å². The van der Waals surface area contributed by atoms with Crippen LogP contribution in [-0.2, 0) is 0 Å². The molecule has 0 radical (unpaired) electrons. The number of hydrogen-bond acceptors (Lipinski definition) is 1. The number of rotatable bonds is 2. The van der Waals surface area contributed by atoms with Crippen LogP contribution >= 0.6 is 0 Å². The summed E-state index contributed by atoms with van der Waals surface area (Å²) in [5, 5.41) is 8.92. The van der Waals surface area contributed by atoms with Crippen molar-refractivity contribution in [2.24, 2.45) is 0 Å². The molecule has 17 heavy (non-hydrogen) atoms. The standard InChI is InChI=1S/C15H10FN/c16-15-9-6-12(7-10-15)5-8-13-3-1-2-4-14(13)11-17/h1-10H/b8-5+. The summed E-state index contributed by atoms with van der Waals surface area (Å²) in [4.78, 5) is 0. The minimum atomic E-state index is -0.250. The summed E-state index contributed by atoms with van der Waals surface area (Å²) in [6.45, 7) is 0. The number of hydrogen-bond donors (Lipinski definition) is 0. The maximum absolute atomic E-state index is 12.7. The molecular weight excluding hydrogens is 213 g/mol. The molecule has 2 heteroatoms. The monoisotopic (exact) mass is 223 g/mol. The summed E-state index contributed by atoms with van der Waals surface area (Å²) in [6.07, 6.45) is 3.71. The van der Waals surface area contributed by atoms with Gasteiger partial charge < -0.3 is 0 Å². The first-order valence-corrected chi connectivity index (χ1v) is 5.22. The maximum Gasteiger partial charge on any atom is 0.123 e. The zero-order valence-electron chi connectivity index (χ0n) is 9.10. The van der Waals surface area contributed by atoms with Crippen molar-refractivity contribution in [2.75, 3.05) is 0 Å². The predicted octanol–water partition coefficient (Wildman–Crippen LogP) is 3.87. The predicted molar refractivity (Wildman–Crippen MR) is 66.5 cm³/mol. The average Bonchev–Trinajstić information content (AvgIpc) is 2.38. The zero-order valence-corrected chi connectivity index (χ0v) is 9.10. The van der Waals surface area contributed by atoms with Gasteiger partial charge in [-0.25, -0.2) is 4.39 Å². The highest BCUT2D eigenvalue weighted by Crippen LogP contribution is 2.12. The summed E-state index contributed by atoms with van der Waals surface area (Å²) in [6, 6.07) is 15.7. The fourth-order valence-corrected chi connectivity index (χ4v) is 1.50. The fourth-order valence-electron chi connectivity index (χ4n) is 1.50. The Kier molecular flexibility index (Phi) is 3.32. The molecule has 0 amide bonds. The maximum atomic E-state index is 12.7. The lowest BCUT2D eigenvalue weighted by Crippen LogP contribution is -1.80. The minimum Gasteiger partial charge on any atom is -0.207 e. The van der Waals surface area contributed by atoms with Crippen molar-refractivity contribution in [1.82, 2.24) is 0 Å². The van der Waals surface area contributed by atoms with Crippen LogP contribution in [0.3, 0.4) is 0 Å². The Morgan fingerprint density at radius 1 is 0.941 bits per heavy atom. The first-order valence-electron chi connectivity index (χ1n) is 5.22. The van der Waals surface area contributed by atoms with Gasteiger partial charge in [-0.3, -0.25) is 0 Å². The van der Waals surface area contributed by atoms with Crippen molar-refractivity contribution >= 4 is 12.2 Å². The van der Waals surface area contributed by atoms with E-state index in [1.807, 2.05) is 30.4 Å². The largest absolute Gasteiger partial charge is 0.207 e. The molecule has 2 aromatic rings. The van der Waals surface area contributed by atoms with Crippen LogP contribution in [0.5, 0.6) is 0 Å². The Morgan fingerprint density at radius 2 is 1.65 bits per heavy atom. The third kappa shape index (κ3) is 2.79. The van der Waals surface area contributed by atoms with Crippen molar-refractivity contribution in [3.8, 4) is 6.07 Å². The quantitative estimate of drug-likeness (QED) is 0.709. The lowest BCUT2D eigenvalue weighted by atomic mass is 10.1. The number of nitrogens with zero attached hydrogens (tertiary/aromatic N) is 1. The number of benzene rings is 2.